The Morgan fingerprint density at radius 2 is 2.29 bits per heavy atom. The van der Waals surface area contributed by atoms with Crippen molar-refractivity contribution in [2.75, 3.05) is 6.54 Å². The van der Waals surface area contributed by atoms with Crippen molar-refractivity contribution in [1.82, 2.24) is 5.32 Å². The number of benzene rings is 1. The lowest BCUT2D eigenvalue weighted by molar-refractivity contribution is 0.432. The summed E-state index contributed by atoms with van der Waals surface area (Å²) in [5.41, 5.74) is 1.15. The van der Waals surface area contributed by atoms with Gasteiger partial charge in [-0.3, -0.25) is 0 Å². The van der Waals surface area contributed by atoms with Gasteiger partial charge in [-0.05, 0) is 42.9 Å². The van der Waals surface area contributed by atoms with E-state index in [2.05, 4.69) is 11.4 Å². The van der Waals surface area contributed by atoms with E-state index >= 15 is 0 Å². The number of hydrogen-bond acceptors (Lipinski definition) is 2. The Bertz CT molecular complexity index is 432. The minimum atomic E-state index is -0.200. The summed E-state index contributed by atoms with van der Waals surface area (Å²) in [5.74, 6) is -0.200. The van der Waals surface area contributed by atoms with Gasteiger partial charge in [0.15, 0.2) is 0 Å². The van der Waals surface area contributed by atoms with Gasteiger partial charge in [0.2, 0.25) is 0 Å². The Balaban J connectivity index is 1.90. The zero-order valence-corrected chi connectivity index (χ0v) is 10.0. The molecule has 1 N–H and O–H groups in total. The summed E-state index contributed by atoms with van der Waals surface area (Å²) >= 11 is 0. The number of rotatable bonds is 5. The first kappa shape index (κ1) is 12.1. The molecule has 0 saturated heterocycles. The topological polar surface area (TPSA) is 35.8 Å². The van der Waals surface area contributed by atoms with Crippen molar-refractivity contribution in [3.63, 3.8) is 0 Å². The average molecular weight is 232 g/mol. The first-order valence-corrected chi connectivity index (χ1v) is 6.01. The van der Waals surface area contributed by atoms with Crippen LogP contribution in [0.15, 0.2) is 24.3 Å². The smallest absolute Gasteiger partial charge is 0.123 e. The van der Waals surface area contributed by atoms with Gasteiger partial charge >= 0.3 is 0 Å². The molecule has 0 heterocycles. The quantitative estimate of drug-likeness (QED) is 0.846. The van der Waals surface area contributed by atoms with Crippen LogP contribution in [0.25, 0.3) is 0 Å². The molecule has 1 aliphatic rings. The van der Waals surface area contributed by atoms with Crippen molar-refractivity contribution in [3.05, 3.63) is 35.6 Å². The molecular formula is C14H17FN2. The van der Waals surface area contributed by atoms with Crippen LogP contribution in [0.2, 0.25) is 0 Å². The highest BCUT2D eigenvalue weighted by Crippen LogP contribution is 2.48. The van der Waals surface area contributed by atoms with E-state index in [9.17, 15) is 4.39 Å². The molecule has 0 bridgehead atoms. The number of nitriles is 1. The Kier molecular flexibility index (Phi) is 3.44. The summed E-state index contributed by atoms with van der Waals surface area (Å²) in [6.45, 7) is 2.87. The summed E-state index contributed by atoms with van der Waals surface area (Å²) in [6.07, 6.45) is 2.88. The normalized spacial score (nSPS) is 18.4. The molecule has 0 amide bonds. The van der Waals surface area contributed by atoms with Crippen LogP contribution < -0.4 is 5.32 Å². The Morgan fingerprint density at radius 1 is 1.53 bits per heavy atom. The molecule has 3 heteroatoms. The highest BCUT2D eigenvalue weighted by atomic mass is 19.1. The highest BCUT2D eigenvalue weighted by molar-refractivity contribution is 5.19. The number of hydrogen-bond donors (Lipinski definition) is 1. The molecular weight excluding hydrogens is 215 g/mol. The van der Waals surface area contributed by atoms with Crippen LogP contribution in [0, 0.1) is 22.6 Å². The Morgan fingerprint density at radius 3 is 2.88 bits per heavy atom. The third-order valence-electron chi connectivity index (χ3n) is 3.54. The van der Waals surface area contributed by atoms with Gasteiger partial charge in [0.1, 0.15) is 5.82 Å². The summed E-state index contributed by atoms with van der Waals surface area (Å²) in [6, 6.07) is 9.03. The molecule has 0 aliphatic heterocycles. The Labute approximate surface area is 101 Å². The van der Waals surface area contributed by atoms with E-state index < -0.39 is 0 Å². The molecule has 2 nitrogen and oxygen atoms in total. The van der Waals surface area contributed by atoms with Crippen LogP contribution in [0.4, 0.5) is 4.39 Å². The summed E-state index contributed by atoms with van der Waals surface area (Å²) in [4.78, 5) is 0. The molecule has 1 atom stereocenters. The molecule has 0 aromatic heterocycles. The van der Waals surface area contributed by atoms with E-state index in [1.54, 1.807) is 12.1 Å². The molecule has 1 aliphatic carbocycles. The van der Waals surface area contributed by atoms with Gasteiger partial charge in [0.25, 0.3) is 0 Å². The van der Waals surface area contributed by atoms with Gasteiger partial charge in [-0.1, -0.05) is 12.1 Å². The summed E-state index contributed by atoms with van der Waals surface area (Å²) < 4.78 is 13.1. The van der Waals surface area contributed by atoms with Crippen molar-refractivity contribution in [1.29, 1.82) is 5.26 Å². The van der Waals surface area contributed by atoms with E-state index in [0.717, 1.165) is 24.9 Å². The predicted molar refractivity (Wildman–Crippen MR) is 64.7 cm³/mol. The molecule has 90 valence electrons. The summed E-state index contributed by atoms with van der Waals surface area (Å²) in [5, 5.41) is 12.1. The van der Waals surface area contributed by atoms with Gasteiger partial charge in [-0.15, -0.1) is 0 Å². The zero-order valence-electron chi connectivity index (χ0n) is 10.0. The number of nitrogens with zero attached hydrogens (tertiary/aromatic N) is 1. The van der Waals surface area contributed by atoms with Crippen LogP contribution >= 0.6 is 0 Å². The fraction of sp³-hybridized carbons (Fsp3) is 0.500. The van der Waals surface area contributed by atoms with E-state index in [4.69, 9.17) is 5.26 Å². The van der Waals surface area contributed by atoms with Crippen LogP contribution in [0.1, 0.15) is 37.8 Å². The second-order valence-electron chi connectivity index (χ2n) is 4.99. The molecule has 0 radical (unpaired) electrons. The lowest BCUT2D eigenvalue weighted by Gasteiger charge is -2.18. The van der Waals surface area contributed by atoms with Crippen LogP contribution in [-0.4, -0.2) is 6.54 Å². The minimum Gasteiger partial charge on any atom is -0.310 e. The first-order chi connectivity index (χ1) is 8.15. The van der Waals surface area contributed by atoms with Crippen LogP contribution in [-0.2, 0) is 0 Å². The second kappa shape index (κ2) is 4.85. The van der Waals surface area contributed by atoms with Crippen molar-refractivity contribution in [2.24, 2.45) is 5.41 Å². The molecule has 2 rings (SSSR count). The molecule has 1 aromatic rings. The standard InChI is InChI=1S/C14H17FN2/c1-11(12-3-2-4-13(15)9-12)17-10-14(5-6-14)7-8-16/h2-4,9,11,17H,5-7,10H2,1H3. The summed E-state index contributed by atoms with van der Waals surface area (Å²) in [7, 11) is 0. The van der Waals surface area contributed by atoms with Gasteiger partial charge in [0.05, 0.1) is 6.07 Å². The van der Waals surface area contributed by atoms with Crippen molar-refractivity contribution in [2.45, 2.75) is 32.2 Å². The van der Waals surface area contributed by atoms with E-state index in [1.807, 2.05) is 13.0 Å². The monoisotopic (exact) mass is 232 g/mol. The number of halogens is 1. The third-order valence-corrected chi connectivity index (χ3v) is 3.54. The highest BCUT2D eigenvalue weighted by Gasteiger charge is 2.42. The van der Waals surface area contributed by atoms with E-state index in [-0.39, 0.29) is 17.3 Å². The Hall–Kier alpha value is -1.40. The van der Waals surface area contributed by atoms with Crippen LogP contribution in [0.5, 0.6) is 0 Å². The lowest BCUT2D eigenvalue weighted by atomic mass is 10.0. The number of nitrogens with one attached hydrogen (secondary N) is 1. The van der Waals surface area contributed by atoms with E-state index in [1.165, 1.54) is 6.07 Å². The molecule has 1 fully saturated rings. The van der Waals surface area contributed by atoms with Gasteiger partial charge < -0.3 is 5.32 Å². The predicted octanol–water partition coefficient (Wildman–Crippen LogP) is 3.17. The molecule has 0 spiro atoms. The van der Waals surface area contributed by atoms with Gasteiger partial charge in [-0.25, -0.2) is 4.39 Å². The SMILES string of the molecule is CC(NCC1(CC#N)CC1)c1cccc(F)c1. The van der Waals surface area contributed by atoms with Crippen LogP contribution in [0.3, 0.4) is 0 Å². The second-order valence-corrected chi connectivity index (χ2v) is 4.99. The fourth-order valence-corrected chi connectivity index (χ4v) is 2.02. The van der Waals surface area contributed by atoms with Crippen molar-refractivity contribution < 1.29 is 4.39 Å². The largest absolute Gasteiger partial charge is 0.310 e. The fourth-order valence-electron chi connectivity index (χ4n) is 2.02. The van der Waals surface area contributed by atoms with Crippen molar-refractivity contribution >= 4 is 0 Å². The molecule has 1 unspecified atom stereocenters. The maximum atomic E-state index is 13.1. The third kappa shape index (κ3) is 3.04. The molecule has 17 heavy (non-hydrogen) atoms. The van der Waals surface area contributed by atoms with Gasteiger partial charge in [-0.2, -0.15) is 5.26 Å². The minimum absolute atomic E-state index is 0.127. The average Bonchev–Trinajstić information content (AvgIpc) is 3.07. The molecule has 1 aromatic carbocycles. The first-order valence-electron chi connectivity index (χ1n) is 6.01. The molecule has 1 saturated carbocycles. The maximum Gasteiger partial charge on any atom is 0.123 e. The van der Waals surface area contributed by atoms with Gasteiger partial charge in [0, 0.05) is 19.0 Å². The lowest BCUT2D eigenvalue weighted by Crippen LogP contribution is -2.26. The maximum absolute atomic E-state index is 13.1. The van der Waals surface area contributed by atoms with E-state index in [0.29, 0.717) is 6.42 Å². The zero-order chi connectivity index (χ0) is 12.3. The van der Waals surface area contributed by atoms with Crippen molar-refractivity contribution in [3.8, 4) is 6.07 Å².